The number of rotatable bonds is 4. The Kier molecular flexibility index (Phi) is 6.50. The maximum atomic E-state index is 12.3. The van der Waals surface area contributed by atoms with Crippen molar-refractivity contribution in [3.05, 3.63) is 11.1 Å². The SMILES string of the molecule is CC1=C2C[C@@](O)(C(C)(C)O)[C@H](O[C@@H]3O[C@H](CO)[C@@H](O)[C@H](O)[C@H]3O)C[C@@H](C)[C@@H]2CC1=O. The summed E-state index contributed by atoms with van der Waals surface area (Å²) in [6.07, 6.45) is -7.70. The molecule has 2 aliphatic carbocycles. The van der Waals surface area contributed by atoms with Gasteiger partial charge in [-0.2, -0.15) is 0 Å². The standard InChI is InChI=1S/C21H34O9/c1-9-5-15(30-19-18(26)17(25)16(24)14(8-22)29-19)21(28,20(3,4)27)7-12-10(2)13(23)6-11(9)12/h9,11,14-19,22,24-28H,5-8H2,1-4H3/t9-,11+,14-,15-,16-,17+,18-,19+,21+/m1/s1. The first-order valence-electron chi connectivity index (χ1n) is 10.4. The number of fused-ring (bicyclic) bond motifs is 1. The number of hydrogen-bond acceptors (Lipinski definition) is 9. The molecule has 1 saturated carbocycles. The average molecular weight is 430 g/mol. The first-order chi connectivity index (χ1) is 13.8. The van der Waals surface area contributed by atoms with E-state index in [1.165, 1.54) is 13.8 Å². The van der Waals surface area contributed by atoms with E-state index in [9.17, 15) is 35.4 Å². The van der Waals surface area contributed by atoms with Crippen molar-refractivity contribution in [2.45, 2.75) is 95.0 Å². The number of hydrogen-bond donors (Lipinski definition) is 6. The van der Waals surface area contributed by atoms with Crippen molar-refractivity contribution in [3.8, 4) is 0 Å². The third kappa shape index (κ3) is 3.86. The van der Waals surface area contributed by atoms with E-state index in [2.05, 4.69) is 0 Å². The highest BCUT2D eigenvalue weighted by molar-refractivity contribution is 5.98. The predicted molar refractivity (Wildman–Crippen MR) is 104 cm³/mol. The number of ketones is 1. The fraction of sp³-hybridized carbons (Fsp3) is 0.857. The monoisotopic (exact) mass is 430 g/mol. The van der Waals surface area contributed by atoms with Crippen molar-refractivity contribution in [2.24, 2.45) is 11.8 Å². The number of aliphatic hydroxyl groups excluding tert-OH is 4. The minimum Gasteiger partial charge on any atom is -0.394 e. The number of allylic oxidation sites excluding steroid dienone is 1. The lowest BCUT2D eigenvalue weighted by atomic mass is 9.76. The van der Waals surface area contributed by atoms with Gasteiger partial charge in [0.25, 0.3) is 0 Å². The summed E-state index contributed by atoms with van der Waals surface area (Å²) in [5, 5.41) is 62.3. The summed E-state index contributed by atoms with van der Waals surface area (Å²) in [5.41, 5.74) is -2.03. The van der Waals surface area contributed by atoms with Gasteiger partial charge < -0.3 is 40.1 Å². The zero-order valence-electron chi connectivity index (χ0n) is 17.9. The van der Waals surface area contributed by atoms with Gasteiger partial charge in [-0.3, -0.25) is 4.79 Å². The van der Waals surface area contributed by atoms with Crippen LogP contribution in [0, 0.1) is 11.8 Å². The molecule has 1 heterocycles. The van der Waals surface area contributed by atoms with Gasteiger partial charge in [0.05, 0.1) is 18.3 Å². The highest BCUT2D eigenvalue weighted by Crippen LogP contribution is 2.49. The van der Waals surface area contributed by atoms with Crippen molar-refractivity contribution in [1.82, 2.24) is 0 Å². The Labute approximate surface area is 175 Å². The molecule has 6 N–H and O–H groups in total. The fourth-order valence-corrected chi connectivity index (χ4v) is 4.96. The van der Waals surface area contributed by atoms with Crippen LogP contribution in [0.5, 0.6) is 0 Å². The van der Waals surface area contributed by atoms with Gasteiger partial charge in [0.1, 0.15) is 30.0 Å². The molecule has 3 rings (SSSR count). The number of aliphatic hydroxyl groups is 6. The van der Waals surface area contributed by atoms with Gasteiger partial charge >= 0.3 is 0 Å². The van der Waals surface area contributed by atoms with E-state index >= 15 is 0 Å². The van der Waals surface area contributed by atoms with Crippen molar-refractivity contribution in [3.63, 3.8) is 0 Å². The number of carbonyl (C=O) groups is 1. The third-order valence-electron chi connectivity index (χ3n) is 7.22. The molecular formula is C21H34O9. The van der Waals surface area contributed by atoms with Crippen LogP contribution in [-0.4, -0.2) is 91.0 Å². The van der Waals surface area contributed by atoms with Crippen LogP contribution < -0.4 is 0 Å². The van der Waals surface area contributed by atoms with E-state index in [0.717, 1.165) is 5.57 Å². The van der Waals surface area contributed by atoms with Crippen molar-refractivity contribution >= 4 is 5.78 Å². The zero-order valence-corrected chi connectivity index (χ0v) is 17.9. The third-order valence-corrected chi connectivity index (χ3v) is 7.22. The second kappa shape index (κ2) is 8.22. The molecule has 1 aliphatic heterocycles. The lowest BCUT2D eigenvalue weighted by Gasteiger charge is -2.47. The van der Waals surface area contributed by atoms with Gasteiger partial charge in [0, 0.05) is 12.8 Å². The van der Waals surface area contributed by atoms with Crippen molar-refractivity contribution in [1.29, 1.82) is 0 Å². The molecule has 1 saturated heterocycles. The first kappa shape index (κ1) is 23.7. The number of carbonyl (C=O) groups excluding carboxylic acids is 1. The van der Waals surface area contributed by atoms with E-state index < -0.39 is 54.6 Å². The van der Waals surface area contributed by atoms with Crippen LogP contribution >= 0.6 is 0 Å². The molecule has 0 aromatic rings. The Balaban J connectivity index is 1.95. The molecule has 3 aliphatic rings. The van der Waals surface area contributed by atoms with Gasteiger partial charge in [-0.15, -0.1) is 0 Å². The van der Waals surface area contributed by atoms with Gasteiger partial charge in [-0.25, -0.2) is 0 Å². The van der Waals surface area contributed by atoms with Gasteiger partial charge in [-0.05, 0) is 44.6 Å². The second-order valence-corrected chi connectivity index (χ2v) is 9.58. The van der Waals surface area contributed by atoms with Crippen molar-refractivity contribution < 1.29 is 44.9 Å². The summed E-state index contributed by atoms with van der Waals surface area (Å²) in [5.74, 6) is -0.101. The molecule has 2 fully saturated rings. The van der Waals surface area contributed by atoms with Crippen LogP contribution in [-0.2, 0) is 14.3 Å². The molecule has 172 valence electrons. The highest BCUT2D eigenvalue weighted by Gasteiger charge is 2.56. The summed E-state index contributed by atoms with van der Waals surface area (Å²) < 4.78 is 11.4. The molecule has 0 aromatic carbocycles. The Bertz CT molecular complexity index is 697. The van der Waals surface area contributed by atoms with E-state index in [-0.39, 0.29) is 30.5 Å². The molecular weight excluding hydrogens is 396 g/mol. The quantitative estimate of drug-likeness (QED) is 0.329. The molecule has 9 heteroatoms. The van der Waals surface area contributed by atoms with E-state index in [1.807, 2.05) is 6.92 Å². The first-order valence-corrected chi connectivity index (χ1v) is 10.4. The largest absolute Gasteiger partial charge is 0.394 e. The summed E-state index contributed by atoms with van der Waals surface area (Å²) in [4.78, 5) is 12.3. The Morgan fingerprint density at radius 1 is 1.20 bits per heavy atom. The summed E-state index contributed by atoms with van der Waals surface area (Å²) in [6, 6.07) is 0. The maximum absolute atomic E-state index is 12.3. The minimum atomic E-state index is -1.81. The Morgan fingerprint density at radius 3 is 2.40 bits per heavy atom. The number of ether oxygens (including phenoxy) is 2. The topological polar surface area (TPSA) is 157 Å². The van der Waals surface area contributed by atoms with Crippen LogP contribution in [0.25, 0.3) is 0 Å². The fourth-order valence-electron chi connectivity index (χ4n) is 4.96. The van der Waals surface area contributed by atoms with Crippen LogP contribution in [0.3, 0.4) is 0 Å². The van der Waals surface area contributed by atoms with Crippen LogP contribution in [0.1, 0.15) is 47.0 Å². The van der Waals surface area contributed by atoms with E-state index in [0.29, 0.717) is 12.0 Å². The van der Waals surface area contributed by atoms with Crippen molar-refractivity contribution in [2.75, 3.05) is 6.61 Å². The highest BCUT2D eigenvalue weighted by atomic mass is 16.7. The van der Waals surface area contributed by atoms with E-state index in [1.54, 1.807) is 6.92 Å². The lowest BCUT2D eigenvalue weighted by Crippen LogP contribution is -2.64. The molecule has 0 bridgehead atoms. The second-order valence-electron chi connectivity index (χ2n) is 9.58. The average Bonchev–Trinajstić information content (AvgIpc) is 2.88. The van der Waals surface area contributed by atoms with E-state index in [4.69, 9.17) is 9.47 Å². The normalized spacial score (nSPS) is 45.5. The van der Waals surface area contributed by atoms with Crippen LogP contribution in [0.2, 0.25) is 0 Å². The lowest BCUT2D eigenvalue weighted by molar-refractivity contribution is -0.333. The summed E-state index contributed by atoms with van der Waals surface area (Å²) in [6.45, 7) is 5.98. The van der Waals surface area contributed by atoms with Gasteiger partial charge in [0.2, 0.25) is 0 Å². The molecule has 0 radical (unpaired) electrons. The molecule has 9 atom stereocenters. The zero-order chi connectivity index (χ0) is 22.6. The molecule has 0 unspecified atom stereocenters. The molecule has 0 aromatic heterocycles. The summed E-state index contributed by atoms with van der Waals surface area (Å²) in [7, 11) is 0. The predicted octanol–water partition coefficient (Wildman–Crippen LogP) is -0.991. The molecule has 30 heavy (non-hydrogen) atoms. The smallest absolute Gasteiger partial charge is 0.187 e. The Hall–Kier alpha value is -0.910. The van der Waals surface area contributed by atoms with Gasteiger partial charge in [0.15, 0.2) is 12.1 Å². The molecule has 0 spiro atoms. The van der Waals surface area contributed by atoms with Crippen LogP contribution in [0.4, 0.5) is 0 Å². The molecule has 9 nitrogen and oxygen atoms in total. The van der Waals surface area contributed by atoms with Gasteiger partial charge in [-0.1, -0.05) is 12.5 Å². The van der Waals surface area contributed by atoms with Crippen LogP contribution in [0.15, 0.2) is 11.1 Å². The maximum Gasteiger partial charge on any atom is 0.187 e. The summed E-state index contributed by atoms with van der Waals surface area (Å²) >= 11 is 0. The Morgan fingerprint density at radius 2 is 1.83 bits per heavy atom. The molecule has 0 amide bonds. The minimum absolute atomic E-state index is 0.0190. The number of Topliss-reactive ketones (excluding diaryl/α,β-unsaturated/α-hetero) is 1.